The minimum Gasteiger partial charge on any atom is -0.392 e. The topological polar surface area (TPSA) is 46.2 Å². The number of nitrogens with two attached hydrogens (primary N) is 1. The molecule has 0 spiro atoms. The van der Waals surface area contributed by atoms with Crippen molar-refractivity contribution < 1.29 is 5.11 Å². The summed E-state index contributed by atoms with van der Waals surface area (Å²) < 4.78 is 0. The minimum atomic E-state index is -0.352. The number of hydrogen-bond acceptors (Lipinski definition) is 2. The van der Waals surface area contributed by atoms with Gasteiger partial charge < -0.3 is 10.8 Å². The summed E-state index contributed by atoms with van der Waals surface area (Å²) in [4.78, 5) is 0. The molecule has 2 heteroatoms. The molecule has 0 rings (SSSR count). The van der Waals surface area contributed by atoms with Crippen LogP contribution >= 0.6 is 0 Å². The van der Waals surface area contributed by atoms with Crippen LogP contribution in [0.1, 0.15) is 26.7 Å². The second-order valence-corrected chi connectivity index (χ2v) is 2.19. The Kier molecular flexibility index (Phi) is 3.83. The lowest BCUT2D eigenvalue weighted by Gasteiger charge is -2.11. The largest absolute Gasteiger partial charge is 0.392 e. The summed E-state index contributed by atoms with van der Waals surface area (Å²) in [6.45, 7) is 3.78. The maximum atomic E-state index is 8.83. The standard InChI is InChI=1S/C6H15NO/c1-3-4-6(7)5(2)8/h5-6,8H,3-4,7H2,1-2H3. The van der Waals surface area contributed by atoms with Gasteiger partial charge in [-0.25, -0.2) is 0 Å². The van der Waals surface area contributed by atoms with E-state index in [4.69, 9.17) is 10.8 Å². The molecule has 0 radical (unpaired) electrons. The van der Waals surface area contributed by atoms with E-state index in [1.54, 1.807) is 6.92 Å². The van der Waals surface area contributed by atoms with Crippen LogP contribution in [0.25, 0.3) is 0 Å². The molecule has 0 amide bonds. The Bertz CT molecular complexity index is 54.5. The lowest BCUT2D eigenvalue weighted by molar-refractivity contribution is 0.159. The quantitative estimate of drug-likeness (QED) is 0.565. The van der Waals surface area contributed by atoms with Gasteiger partial charge >= 0.3 is 0 Å². The van der Waals surface area contributed by atoms with Gasteiger partial charge in [0, 0.05) is 6.04 Å². The van der Waals surface area contributed by atoms with E-state index in [2.05, 4.69) is 6.92 Å². The normalized spacial score (nSPS) is 18.0. The van der Waals surface area contributed by atoms with Crippen molar-refractivity contribution in [2.75, 3.05) is 0 Å². The average molecular weight is 117 g/mol. The molecule has 0 saturated heterocycles. The lowest BCUT2D eigenvalue weighted by Crippen LogP contribution is -2.31. The highest BCUT2D eigenvalue weighted by atomic mass is 16.3. The van der Waals surface area contributed by atoms with Gasteiger partial charge in [0.1, 0.15) is 0 Å². The number of aliphatic hydroxyl groups excluding tert-OH is 1. The monoisotopic (exact) mass is 117 g/mol. The first-order valence-corrected chi connectivity index (χ1v) is 3.12. The Labute approximate surface area is 50.7 Å². The molecule has 0 aliphatic rings. The molecule has 0 aliphatic heterocycles. The summed E-state index contributed by atoms with van der Waals surface area (Å²) in [5.74, 6) is 0. The predicted octanol–water partition coefficient (Wildman–Crippen LogP) is 0.495. The highest BCUT2D eigenvalue weighted by molar-refractivity contribution is 4.65. The molecular weight excluding hydrogens is 102 g/mol. The van der Waals surface area contributed by atoms with Gasteiger partial charge in [-0.2, -0.15) is 0 Å². The van der Waals surface area contributed by atoms with Crippen LogP contribution in [0.5, 0.6) is 0 Å². The Hall–Kier alpha value is -0.0800. The maximum absolute atomic E-state index is 8.83. The SMILES string of the molecule is CCCC(N)C(C)O. The molecule has 0 aromatic heterocycles. The van der Waals surface area contributed by atoms with Gasteiger partial charge in [0.15, 0.2) is 0 Å². The van der Waals surface area contributed by atoms with Gasteiger partial charge in [0.2, 0.25) is 0 Å². The van der Waals surface area contributed by atoms with Crippen molar-refractivity contribution in [3.63, 3.8) is 0 Å². The van der Waals surface area contributed by atoms with Crippen LogP contribution < -0.4 is 5.73 Å². The van der Waals surface area contributed by atoms with Crippen LogP contribution in [-0.4, -0.2) is 17.3 Å². The van der Waals surface area contributed by atoms with Crippen LogP contribution in [0.4, 0.5) is 0 Å². The molecule has 0 heterocycles. The summed E-state index contributed by atoms with van der Waals surface area (Å²) in [5, 5.41) is 8.83. The van der Waals surface area contributed by atoms with E-state index < -0.39 is 0 Å². The molecule has 0 aromatic carbocycles. The fourth-order valence-electron chi connectivity index (χ4n) is 0.575. The molecule has 0 aromatic rings. The summed E-state index contributed by atoms with van der Waals surface area (Å²) >= 11 is 0. The zero-order valence-electron chi connectivity index (χ0n) is 5.59. The summed E-state index contributed by atoms with van der Waals surface area (Å²) in [6, 6.07) is -0.0278. The number of hydrogen-bond donors (Lipinski definition) is 2. The Morgan fingerprint density at radius 2 is 2.12 bits per heavy atom. The summed E-state index contributed by atoms with van der Waals surface area (Å²) in [7, 11) is 0. The molecule has 2 unspecified atom stereocenters. The minimum absolute atomic E-state index is 0.0278. The average Bonchev–Trinajstić information content (AvgIpc) is 1.67. The second kappa shape index (κ2) is 3.87. The van der Waals surface area contributed by atoms with Gasteiger partial charge in [0.05, 0.1) is 6.10 Å². The zero-order chi connectivity index (χ0) is 6.57. The van der Waals surface area contributed by atoms with Crippen molar-refractivity contribution in [3.8, 4) is 0 Å². The van der Waals surface area contributed by atoms with E-state index in [1.807, 2.05) is 0 Å². The van der Waals surface area contributed by atoms with E-state index in [0.717, 1.165) is 12.8 Å². The van der Waals surface area contributed by atoms with E-state index in [0.29, 0.717) is 0 Å². The molecule has 2 nitrogen and oxygen atoms in total. The maximum Gasteiger partial charge on any atom is 0.0662 e. The van der Waals surface area contributed by atoms with Crippen molar-refractivity contribution in [2.45, 2.75) is 38.8 Å². The fraction of sp³-hybridized carbons (Fsp3) is 1.00. The van der Waals surface area contributed by atoms with Crippen molar-refractivity contribution in [1.82, 2.24) is 0 Å². The molecule has 2 atom stereocenters. The van der Waals surface area contributed by atoms with E-state index in [1.165, 1.54) is 0 Å². The van der Waals surface area contributed by atoms with Crippen LogP contribution in [-0.2, 0) is 0 Å². The Morgan fingerprint density at radius 3 is 2.25 bits per heavy atom. The fourth-order valence-corrected chi connectivity index (χ4v) is 0.575. The van der Waals surface area contributed by atoms with Gasteiger partial charge in [-0.15, -0.1) is 0 Å². The van der Waals surface area contributed by atoms with Gasteiger partial charge in [-0.1, -0.05) is 13.3 Å². The van der Waals surface area contributed by atoms with Crippen molar-refractivity contribution >= 4 is 0 Å². The highest BCUT2D eigenvalue weighted by Crippen LogP contribution is 1.96. The summed E-state index contributed by atoms with van der Waals surface area (Å²) in [5.41, 5.74) is 5.48. The molecule has 3 N–H and O–H groups in total. The van der Waals surface area contributed by atoms with Crippen LogP contribution in [0, 0.1) is 0 Å². The molecule has 0 aliphatic carbocycles. The number of rotatable bonds is 3. The lowest BCUT2D eigenvalue weighted by atomic mass is 10.1. The third-order valence-corrected chi connectivity index (χ3v) is 1.24. The van der Waals surface area contributed by atoms with Crippen LogP contribution in [0.2, 0.25) is 0 Å². The first-order chi connectivity index (χ1) is 3.68. The highest BCUT2D eigenvalue weighted by Gasteiger charge is 2.05. The Balaban J connectivity index is 3.17. The first-order valence-electron chi connectivity index (χ1n) is 3.12. The van der Waals surface area contributed by atoms with Crippen molar-refractivity contribution in [3.05, 3.63) is 0 Å². The molecule has 8 heavy (non-hydrogen) atoms. The molecular formula is C6H15NO. The van der Waals surface area contributed by atoms with Gasteiger partial charge in [-0.05, 0) is 13.3 Å². The predicted molar refractivity (Wildman–Crippen MR) is 34.6 cm³/mol. The van der Waals surface area contributed by atoms with Gasteiger partial charge in [-0.3, -0.25) is 0 Å². The zero-order valence-corrected chi connectivity index (χ0v) is 5.59. The van der Waals surface area contributed by atoms with Crippen LogP contribution in [0.3, 0.4) is 0 Å². The smallest absolute Gasteiger partial charge is 0.0662 e. The third-order valence-electron chi connectivity index (χ3n) is 1.24. The van der Waals surface area contributed by atoms with Crippen molar-refractivity contribution in [1.29, 1.82) is 0 Å². The molecule has 0 fully saturated rings. The number of aliphatic hydroxyl groups is 1. The Morgan fingerprint density at radius 1 is 1.62 bits per heavy atom. The van der Waals surface area contributed by atoms with E-state index in [-0.39, 0.29) is 12.1 Å². The van der Waals surface area contributed by atoms with Gasteiger partial charge in [0.25, 0.3) is 0 Å². The first kappa shape index (κ1) is 7.92. The van der Waals surface area contributed by atoms with Crippen molar-refractivity contribution in [2.24, 2.45) is 5.73 Å². The molecule has 50 valence electrons. The molecule has 0 bridgehead atoms. The molecule has 0 saturated carbocycles. The van der Waals surface area contributed by atoms with E-state index in [9.17, 15) is 0 Å². The van der Waals surface area contributed by atoms with Crippen LogP contribution in [0.15, 0.2) is 0 Å². The summed E-state index contributed by atoms with van der Waals surface area (Å²) in [6.07, 6.45) is 1.61. The second-order valence-electron chi connectivity index (χ2n) is 2.19. The third kappa shape index (κ3) is 2.99. The van der Waals surface area contributed by atoms with E-state index >= 15 is 0 Å².